The molecule has 4 nitrogen and oxygen atoms in total. The van der Waals surface area contributed by atoms with Gasteiger partial charge >= 0.3 is 0 Å². The third kappa shape index (κ3) is 5.25. The number of piperidine rings is 1. The molecule has 2 aromatic rings. The summed E-state index contributed by atoms with van der Waals surface area (Å²) in [5.74, 6) is 2.81. The van der Waals surface area contributed by atoms with Crippen LogP contribution in [0.5, 0.6) is 17.2 Å². The molecule has 0 saturated carbocycles. The average molecular weight is 368 g/mol. The van der Waals surface area contributed by atoms with E-state index in [1.807, 2.05) is 30.3 Å². The first-order valence-corrected chi connectivity index (χ1v) is 8.16. The molecule has 136 valence electrons. The Labute approximate surface area is 153 Å². The predicted octanol–water partition coefficient (Wildman–Crippen LogP) is 4.14. The Balaban J connectivity index is 0.000000175. The zero-order chi connectivity index (χ0) is 16.8. The van der Waals surface area contributed by atoms with Crippen LogP contribution >= 0.6 is 12.4 Å². The molecule has 1 N–H and O–H groups in total. The summed E-state index contributed by atoms with van der Waals surface area (Å²) < 4.78 is 27.9. The molecule has 0 atom stereocenters. The second-order valence-corrected chi connectivity index (χ2v) is 5.80. The lowest BCUT2D eigenvalue weighted by molar-refractivity contribution is 0.174. The van der Waals surface area contributed by atoms with E-state index in [1.165, 1.54) is 18.4 Å². The van der Waals surface area contributed by atoms with E-state index in [-0.39, 0.29) is 18.2 Å². The maximum Gasteiger partial charge on any atom is 0.231 e. The van der Waals surface area contributed by atoms with Crippen LogP contribution in [0.4, 0.5) is 4.39 Å². The van der Waals surface area contributed by atoms with E-state index in [2.05, 4.69) is 5.32 Å². The fraction of sp³-hybridized carbons (Fsp3) is 0.368. The van der Waals surface area contributed by atoms with Gasteiger partial charge in [-0.15, -0.1) is 12.4 Å². The first kappa shape index (κ1) is 19.3. The van der Waals surface area contributed by atoms with Gasteiger partial charge in [-0.2, -0.15) is 0 Å². The Bertz CT molecular complexity index is 660. The van der Waals surface area contributed by atoms with Crippen molar-refractivity contribution < 1.29 is 18.6 Å². The Kier molecular flexibility index (Phi) is 7.34. The first-order chi connectivity index (χ1) is 11.8. The molecule has 0 radical (unpaired) electrons. The predicted molar refractivity (Wildman–Crippen MR) is 97.6 cm³/mol. The van der Waals surface area contributed by atoms with Crippen LogP contribution in [0.25, 0.3) is 0 Å². The fourth-order valence-electron chi connectivity index (χ4n) is 2.89. The van der Waals surface area contributed by atoms with Gasteiger partial charge in [0.1, 0.15) is 11.6 Å². The molecule has 0 unspecified atom stereocenters. The average Bonchev–Trinajstić information content (AvgIpc) is 3.11. The SMILES string of the molecule is COc1ccc2c(c1)OCO2.Cl.Fc1ccc(C2CCNCC2)cc1. The summed E-state index contributed by atoms with van der Waals surface area (Å²) in [5.41, 5.74) is 1.28. The lowest BCUT2D eigenvalue weighted by Crippen LogP contribution is -2.26. The summed E-state index contributed by atoms with van der Waals surface area (Å²) in [7, 11) is 1.62. The van der Waals surface area contributed by atoms with Gasteiger partial charge in [0.05, 0.1) is 7.11 Å². The van der Waals surface area contributed by atoms with Crippen LogP contribution < -0.4 is 19.5 Å². The van der Waals surface area contributed by atoms with Gasteiger partial charge in [0.15, 0.2) is 11.5 Å². The highest BCUT2D eigenvalue weighted by Crippen LogP contribution is 2.34. The zero-order valence-electron chi connectivity index (χ0n) is 14.2. The summed E-state index contributed by atoms with van der Waals surface area (Å²) in [6.45, 7) is 2.48. The molecule has 0 aliphatic carbocycles. The quantitative estimate of drug-likeness (QED) is 0.866. The van der Waals surface area contributed by atoms with Crippen molar-refractivity contribution in [2.24, 2.45) is 0 Å². The molecule has 1 fully saturated rings. The Hall–Kier alpha value is -1.98. The maximum absolute atomic E-state index is 12.6. The number of hydrogen-bond donors (Lipinski definition) is 1. The molecule has 2 heterocycles. The van der Waals surface area contributed by atoms with Crippen LogP contribution in [0.1, 0.15) is 24.3 Å². The van der Waals surface area contributed by atoms with E-state index >= 15 is 0 Å². The smallest absolute Gasteiger partial charge is 0.231 e. The van der Waals surface area contributed by atoms with Crippen LogP contribution in [0.2, 0.25) is 0 Å². The normalized spacial score (nSPS) is 15.6. The Morgan fingerprint density at radius 3 is 2.36 bits per heavy atom. The van der Waals surface area contributed by atoms with Gasteiger partial charge in [0.2, 0.25) is 6.79 Å². The molecule has 0 spiro atoms. The maximum atomic E-state index is 12.6. The molecule has 6 heteroatoms. The van der Waals surface area contributed by atoms with Crippen LogP contribution in [0.3, 0.4) is 0 Å². The molecule has 25 heavy (non-hydrogen) atoms. The van der Waals surface area contributed by atoms with Gasteiger partial charge in [0.25, 0.3) is 0 Å². The number of halogens is 2. The van der Waals surface area contributed by atoms with Gasteiger partial charge in [-0.05, 0) is 61.7 Å². The van der Waals surface area contributed by atoms with Crippen molar-refractivity contribution in [3.63, 3.8) is 0 Å². The minimum absolute atomic E-state index is 0. The van der Waals surface area contributed by atoms with Crippen LogP contribution in [-0.4, -0.2) is 27.0 Å². The Morgan fingerprint density at radius 1 is 1.00 bits per heavy atom. The van der Waals surface area contributed by atoms with Gasteiger partial charge < -0.3 is 19.5 Å². The number of rotatable bonds is 2. The molecule has 4 rings (SSSR count). The third-order valence-corrected chi connectivity index (χ3v) is 4.26. The van der Waals surface area contributed by atoms with Crippen molar-refractivity contribution in [3.05, 3.63) is 53.8 Å². The lowest BCUT2D eigenvalue weighted by Gasteiger charge is -2.22. The molecule has 0 aromatic heterocycles. The first-order valence-electron chi connectivity index (χ1n) is 8.16. The van der Waals surface area contributed by atoms with Gasteiger partial charge in [-0.1, -0.05) is 12.1 Å². The molecular formula is C19H23ClFNO3. The van der Waals surface area contributed by atoms with Crippen LogP contribution in [0.15, 0.2) is 42.5 Å². The highest BCUT2D eigenvalue weighted by molar-refractivity contribution is 5.85. The van der Waals surface area contributed by atoms with E-state index < -0.39 is 0 Å². The van der Waals surface area contributed by atoms with Gasteiger partial charge in [-0.3, -0.25) is 0 Å². The van der Waals surface area contributed by atoms with E-state index in [4.69, 9.17) is 14.2 Å². The highest BCUT2D eigenvalue weighted by atomic mass is 35.5. The number of methoxy groups -OCH3 is 1. The van der Waals surface area contributed by atoms with E-state index in [0.717, 1.165) is 30.3 Å². The van der Waals surface area contributed by atoms with Gasteiger partial charge in [-0.25, -0.2) is 4.39 Å². The molecule has 2 aliphatic rings. The third-order valence-electron chi connectivity index (χ3n) is 4.26. The highest BCUT2D eigenvalue weighted by Gasteiger charge is 2.14. The molecule has 0 amide bonds. The standard InChI is InChI=1S/C11H14FN.C8H8O3.ClH/c12-11-3-1-9(2-4-11)10-5-7-13-8-6-10;1-9-6-2-3-7-8(4-6)11-5-10-7;/h1-4,10,13H,5-8H2;2-4H,5H2,1H3;1H. The Morgan fingerprint density at radius 2 is 1.68 bits per heavy atom. The van der Waals surface area contributed by atoms with Crippen molar-refractivity contribution in [1.82, 2.24) is 5.32 Å². The lowest BCUT2D eigenvalue weighted by atomic mass is 9.90. The number of ether oxygens (including phenoxy) is 3. The molecule has 2 aromatic carbocycles. The van der Waals surface area contributed by atoms with Crippen LogP contribution in [0, 0.1) is 5.82 Å². The molecular weight excluding hydrogens is 345 g/mol. The van der Waals surface area contributed by atoms with Crippen LogP contribution in [-0.2, 0) is 0 Å². The van der Waals surface area contributed by atoms with E-state index in [1.54, 1.807) is 19.2 Å². The minimum Gasteiger partial charge on any atom is -0.497 e. The summed E-state index contributed by atoms with van der Waals surface area (Å²) >= 11 is 0. The summed E-state index contributed by atoms with van der Waals surface area (Å²) in [6.07, 6.45) is 2.34. The summed E-state index contributed by atoms with van der Waals surface area (Å²) in [5, 5.41) is 3.32. The summed E-state index contributed by atoms with van der Waals surface area (Å²) in [6, 6.07) is 12.4. The fourth-order valence-corrected chi connectivity index (χ4v) is 2.89. The van der Waals surface area contributed by atoms with Crippen molar-refractivity contribution in [2.45, 2.75) is 18.8 Å². The molecule has 2 aliphatic heterocycles. The summed E-state index contributed by atoms with van der Waals surface area (Å²) in [4.78, 5) is 0. The van der Waals surface area contributed by atoms with Crippen molar-refractivity contribution >= 4 is 12.4 Å². The van der Waals surface area contributed by atoms with Crippen molar-refractivity contribution in [3.8, 4) is 17.2 Å². The van der Waals surface area contributed by atoms with Gasteiger partial charge in [0, 0.05) is 6.07 Å². The number of nitrogens with one attached hydrogen (secondary N) is 1. The monoisotopic (exact) mass is 367 g/mol. The second kappa shape index (κ2) is 9.49. The number of hydrogen-bond acceptors (Lipinski definition) is 4. The van der Waals surface area contributed by atoms with E-state index in [9.17, 15) is 4.39 Å². The molecule has 0 bridgehead atoms. The second-order valence-electron chi connectivity index (χ2n) is 5.80. The zero-order valence-corrected chi connectivity index (χ0v) is 15.0. The minimum atomic E-state index is -0.141. The van der Waals surface area contributed by atoms with Crippen molar-refractivity contribution in [2.75, 3.05) is 27.0 Å². The molecule has 1 saturated heterocycles. The van der Waals surface area contributed by atoms with Crippen molar-refractivity contribution in [1.29, 1.82) is 0 Å². The number of benzene rings is 2. The largest absolute Gasteiger partial charge is 0.497 e. The number of fused-ring (bicyclic) bond motifs is 1. The topological polar surface area (TPSA) is 39.7 Å². The van der Waals surface area contributed by atoms with E-state index in [0.29, 0.717) is 12.7 Å².